The molecule has 0 saturated heterocycles. The summed E-state index contributed by atoms with van der Waals surface area (Å²) in [6, 6.07) is 7.90. The largest absolute Gasteiger partial charge is 0.293 e. The van der Waals surface area contributed by atoms with Crippen molar-refractivity contribution in [2.75, 3.05) is 0 Å². The number of carbonyl (C=O) groups is 1. The third-order valence-corrected chi connectivity index (χ3v) is 6.36. The van der Waals surface area contributed by atoms with Crippen molar-refractivity contribution < 1.29 is 13.2 Å². The number of nitrogens with zero attached hydrogens (tertiary/aromatic N) is 1. The van der Waals surface area contributed by atoms with Crippen LogP contribution in [0.5, 0.6) is 0 Å². The van der Waals surface area contributed by atoms with Crippen LogP contribution in [-0.4, -0.2) is 30.1 Å². The average molecular weight is 391 g/mol. The Labute approximate surface area is 137 Å². The number of hydrogen-bond donors (Lipinski definition) is 0. The molecule has 7 heteroatoms. The fourth-order valence-corrected chi connectivity index (χ4v) is 4.05. The summed E-state index contributed by atoms with van der Waals surface area (Å²) in [4.78, 5) is 11.4. The van der Waals surface area contributed by atoms with E-state index >= 15 is 0 Å². The van der Waals surface area contributed by atoms with Gasteiger partial charge in [-0.05, 0) is 37.1 Å². The van der Waals surface area contributed by atoms with Gasteiger partial charge >= 0.3 is 0 Å². The molecule has 0 aliphatic heterocycles. The maximum atomic E-state index is 12.3. The molecule has 112 valence electrons. The third kappa shape index (κ3) is 3.12. The molecule has 1 aromatic rings. The van der Waals surface area contributed by atoms with Crippen LogP contribution in [0.2, 0.25) is 0 Å². The topological polar surface area (TPSA) is 63.6 Å². The number of ketones is 1. The van der Waals surface area contributed by atoms with Gasteiger partial charge < -0.3 is 0 Å². The predicted molar refractivity (Wildman–Crippen MR) is 86.8 cm³/mol. The lowest BCUT2D eigenvalue weighted by Crippen LogP contribution is -2.38. The molecule has 0 saturated carbocycles. The van der Waals surface area contributed by atoms with E-state index in [-0.39, 0.29) is 16.4 Å². The number of halogens is 2. The van der Waals surface area contributed by atoms with E-state index in [9.17, 15) is 13.2 Å². The van der Waals surface area contributed by atoms with Gasteiger partial charge in [-0.3, -0.25) is 4.79 Å². The van der Waals surface area contributed by atoms with Gasteiger partial charge in [-0.25, -0.2) is 0 Å². The first-order chi connectivity index (χ1) is 9.75. The van der Waals surface area contributed by atoms with Gasteiger partial charge in [-0.2, -0.15) is 12.8 Å². The van der Waals surface area contributed by atoms with Crippen LogP contribution in [0.15, 0.2) is 50.8 Å². The minimum Gasteiger partial charge on any atom is -0.293 e. The first kappa shape index (κ1) is 16.4. The molecule has 1 aromatic carbocycles. The smallest absolute Gasteiger partial charge is 0.282 e. The minimum atomic E-state index is -3.85. The minimum absolute atomic E-state index is 0.0924. The van der Waals surface area contributed by atoms with E-state index in [0.29, 0.717) is 11.1 Å². The van der Waals surface area contributed by atoms with E-state index in [2.05, 4.69) is 20.3 Å². The zero-order chi connectivity index (χ0) is 15.8. The van der Waals surface area contributed by atoms with Crippen LogP contribution in [-0.2, 0) is 14.8 Å². The molecule has 21 heavy (non-hydrogen) atoms. The van der Waals surface area contributed by atoms with Crippen molar-refractivity contribution in [1.29, 1.82) is 0 Å². The van der Waals surface area contributed by atoms with E-state index in [0.717, 1.165) is 0 Å². The van der Waals surface area contributed by atoms with Crippen molar-refractivity contribution in [3.05, 3.63) is 41.5 Å². The summed E-state index contributed by atoms with van der Waals surface area (Å²) in [7, 11) is -3.85. The molecule has 0 spiro atoms. The summed E-state index contributed by atoms with van der Waals surface area (Å²) in [5.74, 6) is -0.149. The molecule has 0 radical (unpaired) electrons. The molecule has 0 bridgehead atoms. The van der Waals surface area contributed by atoms with E-state index in [1.807, 2.05) is 0 Å². The number of alkyl halides is 2. The Bertz CT molecular complexity index is 741. The molecule has 0 heterocycles. The van der Waals surface area contributed by atoms with Crippen LogP contribution in [0.4, 0.5) is 0 Å². The zero-order valence-electron chi connectivity index (χ0n) is 11.4. The standard InChI is InChI=1S/C14H13BrClNO3S/c1-8-9(2)14(18)11(15)12(16)13(8)17-21(19,20)10-6-4-3-5-7-10/h3-7,11-12H,1-2H3/b17-13+. The van der Waals surface area contributed by atoms with Crippen molar-refractivity contribution in [1.82, 2.24) is 0 Å². The Kier molecular flexibility index (Phi) is 4.70. The predicted octanol–water partition coefficient (Wildman–Crippen LogP) is 3.11. The Morgan fingerprint density at radius 3 is 2.29 bits per heavy atom. The first-order valence-corrected chi connectivity index (χ1v) is 8.95. The highest BCUT2D eigenvalue weighted by molar-refractivity contribution is 9.10. The first-order valence-electron chi connectivity index (χ1n) is 6.16. The average Bonchev–Trinajstić information content (AvgIpc) is 2.48. The van der Waals surface area contributed by atoms with Crippen LogP contribution in [0.25, 0.3) is 0 Å². The molecule has 0 fully saturated rings. The summed E-state index contributed by atoms with van der Waals surface area (Å²) in [5, 5.41) is -0.820. The zero-order valence-corrected chi connectivity index (χ0v) is 14.5. The number of allylic oxidation sites excluding steroid dienone is 2. The lowest BCUT2D eigenvalue weighted by molar-refractivity contribution is -0.114. The normalized spacial score (nSPS) is 25.5. The van der Waals surface area contributed by atoms with E-state index in [4.69, 9.17) is 11.6 Å². The Hall–Kier alpha value is -0.980. The van der Waals surface area contributed by atoms with E-state index in [1.54, 1.807) is 32.0 Å². The Morgan fingerprint density at radius 1 is 1.14 bits per heavy atom. The summed E-state index contributed by atoms with van der Waals surface area (Å²) in [6.45, 7) is 3.29. The Balaban J connectivity index is 2.57. The van der Waals surface area contributed by atoms with Gasteiger partial charge in [0, 0.05) is 0 Å². The monoisotopic (exact) mass is 389 g/mol. The summed E-state index contributed by atoms with van der Waals surface area (Å²) < 4.78 is 28.5. The second-order valence-electron chi connectivity index (χ2n) is 4.68. The summed E-state index contributed by atoms with van der Waals surface area (Å²) in [6.07, 6.45) is 0. The van der Waals surface area contributed by atoms with E-state index < -0.39 is 20.2 Å². The highest BCUT2D eigenvalue weighted by Crippen LogP contribution is 2.30. The van der Waals surface area contributed by atoms with Gasteiger partial charge in [0.1, 0.15) is 0 Å². The van der Waals surface area contributed by atoms with Crippen LogP contribution in [0.1, 0.15) is 13.8 Å². The highest BCUT2D eigenvalue weighted by Gasteiger charge is 2.37. The molecule has 0 N–H and O–H groups in total. The fraction of sp³-hybridized carbons (Fsp3) is 0.286. The lowest BCUT2D eigenvalue weighted by atomic mass is 9.90. The number of benzene rings is 1. The number of rotatable bonds is 2. The number of Topliss-reactive ketones (excluding diaryl/α,β-unsaturated/α-hetero) is 1. The molecular weight excluding hydrogens is 378 g/mol. The van der Waals surface area contributed by atoms with Gasteiger partial charge in [0.25, 0.3) is 10.0 Å². The summed E-state index contributed by atoms with van der Waals surface area (Å²) >= 11 is 9.38. The quantitative estimate of drug-likeness (QED) is 0.729. The summed E-state index contributed by atoms with van der Waals surface area (Å²) in [5.41, 5.74) is 1.19. The second-order valence-corrected chi connectivity index (χ2v) is 7.74. The van der Waals surface area contributed by atoms with Gasteiger partial charge in [0.15, 0.2) is 5.78 Å². The number of sulfonamides is 1. The molecule has 0 aromatic heterocycles. The van der Waals surface area contributed by atoms with Crippen molar-refractivity contribution in [3.8, 4) is 0 Å². The van der Waals surface area contributed by atoms with Crippen LogP contribution in [0, 0.1) is 0 Å². The van der Waals surface area contributed by atoms with Crippen molar-refractivity contribution in [2.24, 2.45) is 4.40 Å². The van der Waals surface area contributed by atoms with Crippen LogP contribution in [0.3, 0.4) is 0 Å². The maximum Gasteiger partial charge on any atom is 0.282 e. The van der Waals surface area contributed by atoms with Gasteiger partial charge in [0.05, 0.1) is 20.8 Å². The molecule has 1 aliphatic rings. The third-order valence-electron chi connectivity index (χ3n) is 3.34. The SMILES string of the molecule is CC1=C(C)/C(=N\S(=O)(=O)c2ccccc2)C(Cl)C(Br)C1=O. The molecule has 0 amide bonds. The van der Waals surface area contributed by atoms with Gasteiger partial charge in [-0.15, -0.1) is 11.6 Å². The second kappa shape index (κ2) is 6.02. The molecular formula is C14H13BrClNO3S. The highest BCUT2D eigenvalue weighted by atomic mass is 79.9. The molecule has 2 unspecified atom stereocenters. The maximum absolute atomic E-state index is 12.3. The molecule has 1 aliphatic carbocycles. The van der Waals surface area contributed by atoms with Gasteiger partial charge in [0.2, 0.25) is 0 Å². The van der Waals surface area contributed by atoms with E-state index in [1.165, 1.54) is 12.1 Å². The van der Waals surface area contributed by atoms with Crippen LogP contribution < -0.4 is 0 Å². The molecule has 2 rings (SSSR count). The fourth-order valence-electron chi connectivity index (χ4n) is 1.96. The van der Waals surface area contributed by atoms with Crippen molar-refractivity contribution >= 4 is 49.0 Å². The lowest BCUT2D eigenvalue weighted by Gasteiger charge is -2.25. The van der Waals surface area contributed by atoms with Crippen LogP contribution >= 0.6 is 27.5 Å². The number of hydrogen-bond acceptors (Lipinski definition) is 3. The van der Waals surface area contributed by atoms with Crippen molar-refractivity contribution in [3.63, 3.8) is 0 Å². The Morgan fingerprint density at radius 2 is 1.71 bits per heavy atom. The van der Waals surface area contributed by atoms with Gasteiger partial charge in [-0.1, -0.05) is 34.1 Å². The molecule has 4 nitrogen and oxygen atoms in total. The molecule has 2 atom stereocenters. The van der Waals surface area contributed by atoms with Crippen molar-refractivity contribution in [2.45, 2.75) is 28.9 Å². The number of carbonyl (C=O) groups excluding carboxylic acids is 1.